The molecule has 1 heterocycles. The Morgan fingerprint density at radius 2 is 2.04 bits per heavy atom. The molecule has 23 heavy (non-hydrogen) atoms. The van der Waals surface area contributed by atoms with E-state index in [0.717, 1.165) is 49.2 Å². The minimum absolute atomic E-state index is 0.00799. The summed E-state index contributed by atoms with van der Waals surface area (Å²) in [7, 11) is 4.16. The highest BCUT2D eigenvalue weighted by Crippen LogP contribution is 2.30. The van der Waals surface area contributed by atoms with Crippen LogP contribution in [0.25, 0.3) is 0 Å². The normalized spacial score (nSPS) is 16.3. The Kier molecular flexibility index (Phi) is 6.92. The molecule has 128 valence electrons. The number of hydrogen-bond acceptors (Lipinski definition) is 4. The molecule has 1 N–H and O–H groups in total. The van der Waals surface area contributed by atoms with Gasteiger partial charge in [0.15, 0.2) is 22.7 Å². The molecule has 2 rings (SSSR count). The van der Waals surface area contributed by atoms with Gasteiger partial charge in [-0.15, -0.1) is 0 Å². The Hall–Kier alpha value is -1.53. The summed E-state index contributed by atoms with van der Waals surface area (Å²) >= 11 is 5.50. The lowest BCUT2D eigenvalue weighted by molar-refractivity contribution is 0.0748. The standard InChI is InChI=1S/C17H27N3O2S/c1-4-20(17(23)18-10-7-11-19(2)3)12-14-13-21-15-8-5-6-9-16(15)22-14/h5-6,8-9,14H,4,7,10-13H2,1-3H3,(H,18,23)/t14-/m0/s1. The third-order valence-corrected chi connectivity index (χ3v) is 4.12. The second kappa shape index (κ2) is 8.93. The van der Waals surface area contributed by atoms with Gasteiger partial charge in [0.05, 0.1) is 6.54 Å². The second-order valence-corrected chi connectivity index (χ2v) is 6.31. The maximum Gasteiger partial charge on any atom is 0.169 e. The summed E-state index contributed by atoms with van der Waals surface area (Å²) in [5.74, 6) is 1.63. The Morgan fingerprint density at radius 1 is 1.30 bits per heavy atom. The molecular formula is C17H27N3O2S. The summed E-state index contributed by atoms with van der Waals surface area (Å²) in [6.45, 7) is 6.17. The highest BCUT2D eigenvalue weighted by molar-refractivity contribution is 7.80. The largest absolute Gasteiger partial charge is 0.486 e. The number of rotatable bonds is 7. The van der Waals surface area contributed by atoms with Crippen LogP contribution in [0.15, 0.2) is 24.3 Å². The molecule has 0 amide bonds. The van der Waals surface area contributed by atoms with Gasteiger partial charge in [0.1, 0.15) is 6.61 Å². The molecule has 0 saturated heterocycles. The zero-order chi connectivity index (χ0) is 16.7. The van der Waals surface area contributed by atoms with Crippen molar-refractivity contribution in [3.63, 3.8) is 0 Å². The van der Waals surface area contributed by atoms with Crippen molar-refractivity contribution in [2.24, 2.45) is 0 Å². The molecular weight excluding hydrogens is 310 g/mol. The predicted octanol–water partition coefficient (Wildman–Crippen LogP) is 1.97. The molecule has 0 spiro atoms. The number of nitrogens with zero attached hydrogens (tertiary/aromatic N) is 2. The number of thiocarbonyl (C=S) groups is 1. The summed E-state index contributed by atoms with van der Waals surface area (Å²) in [4.78, 5) is 4.31. The van der Waals surface area contributed by atoms with Crippen LogP contribution in [0.1, 0.15) is 13.3 Å². The van der Waals surface area contributed by atoms with Crippen molar-refractivity contribution in [3.8, 4) is 11.5 Å². The lowest BCUT2D eigenvalue weighted by Crippen LogP contribution is -2.47. The second-order valence-electron chi connectivity index (χ2n) is 5.92. The van der Waals surface area contributed by atoms with Crippen molar-refractivity contribution in [1.29, 1.82) is 0 Å². The van der Waals surface area contributed by atoms with Gasteiger partial charge in [0.25, 0.3) is 0 Å². The van der Waals surface area contributed by atoms with E-state index in [1.54, 1.807) is 0 Å². The fourth-order valence-electron chi connectivity index (χ4n) is 2.46. The van der Waals surface area contributed by atoms with Crippen LogP contribution in [0.5, 0.6) is 11.5 Å². The number of para-hydroxylation sites is 2. The van der Waals surface area contributed by atoms with E-state index < -0.39 is 0 Å². The molecule has 0 aromatic heterocycles. The third-order valence-electron chi connectivity index (χ3n) is 3.72. The van der Waals surface area contributed by atoms with E-state index in [9.17, 15) is 0 Å². The number of fused-ring (bicyclic) bond motifs is 1. The Bertz CT molecular complexity index is 510. The molecule has 1 aromatic rings. The quantitative estimate of drug-likeness (QED) is 0.606. The van der Waals surface area contributed by atoms with E-state index in [1.165, 1.54) is 0 Å². The number of hydrogen-bond donors (Lipinski definition) is 1. The topological polar surface area (TPSA) is 37.0 Å². The number of nitrogens with one attached hydrogen (secondary N) is 1. The molecule has 0 radical (unpaired) electrons. The van der Waals surface area contributed by atoms with E-state index in [0.29, 0.717) is 6.61 Å². The number of benzene rings is 1. The van der Waals surface area contributed by atoms with Gasteiger partial charge < -0.3 is 24.6 Å². The van der Waals surface area contributed by atoms with Crippen LogP contribution in [0, 0.1) is 0 Å². The summed E-state index contributed by atoms with van der Waals surface area (Å²) in [5.41, 5.74) is 0. The molecule has 1 aromatic carbocycles. The molecule has 0 bridgehead atoms. The van der Waals surface area contributed by atoms with E-state index >= 15 is 0 Å². The fourth-order valence-corrected chi connectivity index (χ4v) is 2.76. The van der Waals surface area contributed by atoms with Crippen LogP contribution in [-0.4, -0.2) is 67.9 Å². The first-order valence-corrected chi connectivity index (χ1v) is 8.57. The predicted molar refractivity (Wildman–Crippen MR) is 97.4 cm³/mol. The molecule has 0 fully saturated rings. The molecule has 5 nitrogen and oxygen atoms in total. The van der Waals surface area contributed by atoms with Crippen LogP contribution >= 0.6 is 12.2 Å². The molecule has 1 atom stereocenters. The van der Waals surface area contributed by atoms with Crippen LogP contribution in [0.2, 0.25) is 0 Å². The maximum absolute atomic E-state index is 6.01. The fraction of sp³-hybridized carbons (Fsp3) is 0.588. The third kappa shape index (κ3) is 5.55. The van der Waals surface area contributed by atoms with Crippen molar-refractivity contribution in [3.05, 3.63) is 24.3 Å². The van der Waals surface area contributed by atoms with Crippen LogP contribution < -0.4 is 14.8 Å². The average Bonchev–Trinajstić information content (AvgIpc) is 2.56. The first kappa shape index (κ1) is 17.8. The molecule has 0 unspecified atom stereocenters. The van der Waals surface area contributed by atoms with Crippen molar-refractivity contribution in [2.75, 3.05) is 46.9 Å². The van der Waals surface area contributed by atoms with Gasteiger partial charge in [-0.05, 0) is 58.3 Å². The van der Waals surface area contributed by atoms with Crippen LogP contribution in [0.3, 0.4) is 0 Å². The smallest absolute Gasteiger partial charge is 0.169 e. The van der Waals surface area contributed by atoms with Gasteiger partial charge in [0.2, 0.25) is 0 Å². The van der Waals surface area contributed by atoms with Crippen LogP contribution in [0.4, 0.5) is 0 Å². The lowest BCUT2D eigenvalue weighted by Gasteiger charge is -2.32. The van der Waals surface area contributed by atoms with Gasteiger partial charge in [0, 0.05) is 13.1 Å². The average molecular weight is 337 g/mol. The monoisotopic (exact) mass is 337 g/mol. The highest BCUT2D eigenvalue weighted by atomic mass is 32.1. The number of likely N-dealkylation sites (N-methyl/N-ethyl adjacent to an activating group) is 1. The van der Waals surface area contributed by atoms with Crippen LogP contribution in [-0.2, 0) is 0 Å². The van der Waals surface area contributed by atoms with Gasteiger partial charge in [-0.3, -0.25) is 0 Å². The number of ether oxygens (including phenoxy) is 2. The zero-order valence-electron chi connectivity index (χ0n) is 14.2. The van der Waals surface area contributed by atoms with Gasteiger partial charge in [-0.1, -0.05) is 12.1 Å². The molecule has 6 heteroatoms. The summed E-state index contributed by atoms with van der Waals surface area (Å²) in [6.07, 6.45) is 1.06. The first-order chi connectivity index (χ1) is 11.1. The molecule has 1 aliphatic heterocycles. The Morgan fingerprint density at radius 3 is 2.74 bits per heavy atom. The minimum atomic E-state index is -0.00799. The van der Waals surface area contributed by atoms with Crippen molar-refractivity contribution >= 4 is 17.3 Å². The van der Waals surface area contributed by atoms with E-state index in [4.69, 9.17) is 21.7 Å². The molecule has 0 saturated carbocycles. The Labute approximate surface area is 144 Å². The van der Waals surface area contributed by atoms with E-state index in [1.807, 2.05) is 24.3 Å². The van der Waals surface area contributed by atoms with Crippen molar-refractivity contribution < 1.29 is 9.47 Å². The van der Waals surface area contributed by atoms with Gasteiger partial charge in [-0.2, -0.15) is 0 Å². The van der Waals surface area contributed by atoms with Crippen molar-refractivity contribution in [1.82, 2.24) is 15.1 Å². The van der Waals surface area contributed by atoms with E-state index in [2.05, 4.69) is 36.1 Å². The van der Waals surface area contributed by atoms with Gasteiger partial charge >= 0.3 is 0 Å². The molecule has 0 aliphatic carbocycles. The summed E-state index contributed by atoms with van der Waals surface area (Å²) in [5, 5.41) is 4.12. The summed E-state index contributed by atoms with van der Waals surface area (Å²) in [6, 6.07) is 7.78. The summed E-state index contributed by atoms with van der Waals surface area (Å²) < 4.78 is 11.8. The Balaban J connectivity index is 1.79. The highest BCUT2D eigenvalue weighted by Gasteiger charge is 2.23. The maximum atomic E-state index is 6.01. The minimum Gasteiger partial charge on any atom is -0.486 e. The first-order valence-electron chi connectivity index (χ1n) is 8.16. The van der Waals surface area contributed by atoms with Gasteiger partial charge in [-0.25, -0.2) is 0 Å². The lowest BCUT2D eigenvalue weighted by atomic mass is 10.2. The SMILES string of the molecule is CCN(C[C@H]1COc2ccccc2O1)C(=S)NCCCN(C)C. The van der Waals surface area contributed by atoms with E-state index in [-0.39, 0.29) is 6.10 Å². The van der Waals surface area contributed by atoms with Crippen molar-refractivity contribution in [2.45, 2.75) is 19.4 Å². The molecule has 1 aliphatic rings. The zero-order valence-corrected chi connectivity index (χ0v) is 15.1.